The third-order valence-electron chi connectivity index (χ3n) is 5.55. The number of H-pyrrole nitrogens is 1. The van der Waals surface area contributed by atoms with Crippen molar-refractivity contribution in [3.05, 3.63) is 104 Å². The van der Waals surface area contributed by atoms with Crippen LogP contribution < -0.4 is 11.2 Å². The molecule has 3 aromatic rings. The molecule has 1 fully saturated rings. The van der Waals surface area contributed by atoms with Crippen LogP contribution in [0.25, 0.3) is 0 Å². The van der Waals surface area contributed by atoms with E-state index in [1.807, 2.05) is 13.8 Å². The van der Waals surface area contributed by atoms with E-state index >= 15 is 0 Å². The highest BCUT2D eigenvalue weighted by Crippen LogP contribution is 2.31. The largest absolute Gasteiger partial charge is 0.459 e. The zero-order valence-electron chi connectivity index (χ0n) is 18.7. The molecule has 1 N–H and O–H groups in total. The molecule has 0 saturated carbocycles. The fraction of sp³-hybridized carbons (Fsp3) is 0.280. The highest BCUT2D eigenvalue weighted by atomic mass is 16.6. The Morgan fingerprint density at radius 1 is 0.941 bits per heavy atom. The highest BCUT2D eigenvalue weighted by molar-refractivity contribution is 5.90. The number of aryl methyl sites for hydroxylation is 2. The predicted molar refractivity (Wildman–Crippen MR) is 122 cm³/mol. The SMILES string of the molecule is Cc1ccc(C(=O)OCC2OC(n3ccc(=O)[nH]c3=O)CC2OC(=O)c2ccc(C)cc2)cc1. The fourth-order valence-corrected chi connectivity index (χ4v) is 3.63. The van der Waals surface area contributed by atoms with E-state index in [9.17, 15) is 19.2 Å². The van der Waals surface area contributed by atoms with Gasteiger partial charge in [-0.05, 0) is 38.1 Å². The van der Waals surface area contributed by atoms with Gasteiger partial charge in [0.2, 0.25) is 0 Å². The third kappa shape index (κ3) is 5.32. The van der Waals surface area contributed by atoms with Gasteiger partial charge in [-0.3, -0.25) is 14.3 Å². The van der Waals surface area contributed by atoms with Crippen molar-refractivity contribution in [2.45, 2.75) is 38.7 Å². The monoisotopic (exact) mass is 464 g/mol. The number of esters is 2. The van der Waals surface area contributed by atoms with E-state index in [-0.39, 0.29) is 13.0 Å². The number of hydrogen-bond acceptors (Lipinski definition) is 7. The van der Waals surface area contributed by atoms with Gasteiger partial charge in [-0.25, -0.2) is 14.4 Å². The molecule has 1 aliphatic rings. The normalized spacial score (nSPS) is 19.5. The zero-order chi connectivity index (χ0) is 24.2. The van der Waals surface area contributed by atoms with Crippen LogP contribution in [0.4, 0.5) is 0 Å². The van der Waals surface area contributed by atoms with Crippen molar-refractivity contribution < 1.29 is 23.8 Å². The third-order valence-corrected chi connectivity index (χ3v) is 5.55. The van der Waals surface area contributed by atoms with Crippen molar-refractivity contribution in [1.29, 1.82) is 0 Å². The maximum Gasteiger partial charge on any atom is 0.338 e. The molecule has 9 nitrogen and oxygen atoms in total. The first-order valence-electron chi connectivity index (χ1n) is 10.8. The summed E-state index contributed by atoms with van der Waals surface area (Å²) in [5.74, 6) is -1.10. The first-order chi connectivity index (χ1) is 16.3. The van der Waals surface area contributed by atoms with Crippen LogP contribution in [0.5, 0.6) is 0 Å². The highest BCUT2D eigenvalue weighted by Gasteiger charge is 2.40. The number of ether oxygens (including phenoxy) is 3. The Bertz CT molecular complexity index is 1290. The van der Waals surface area contributed by atoms with E-state index < -0.39 is 41.6 Å². The summed E-state index contributed by atoms with van der Waals surface area (Å²) in [5, 5.41) is 0. The first-order valence-corrected chi connectivity index (χ1v) is 10.8. The minimum atomic E-state index is -0.816. The van der Waals surface area contributed by atoms with Crippen LogP contribution in [0.2, 0.25) is 0 Å². The molecule has 0 bridgehead atoms. The molecule has 0 radical (unpaired) electrons. The van der Waals surface area contributed by atoms with E-state index in [2.05, 4.69) is 4.98 Å². The van der Waals surface area contributed by atoms with E-state index in [0.29, 0.717) is 11.1 Å². The van der Waals surface area contributed by atoms with Gasteiger partial charge in [0.1, 0.15) is 25.0 Å². The molecule has 3 atom stereocenters. The molecule has 34 heavy (non-hydrogen) atoms. The van der Waals surface area contributed by atoms with E-state index in [1.54, 1.807) is 48.5 Å². The topological polar surface area (TPSA) is 117 Å². The van der Waals surface area contributed by atoms with Gasteiger partial charge in [0, 0.05) is 18.7 Å². The molecule has 0 amide bonds. The molecule has 0 spiro atoms. The number of carbonyl (C=O) groups is 2. The van der Waals surface area contributed by atoms with Crippen LogP contribution in [-0.2, 0) is 14.2 Å². The maximum absolute atomic E-state index is 12.7. The van der Waals surface area contributed by atoms with Crippen molar-refractivity contribution in [3.8, 4) is 0 Å². The Hall–Kier alpha value is -3.98. The van der Waals surface area contributed by atoms with Crippen LogP contribution >= 0.6 is 0 Å². The van der Waals surface area contributed by atoms with Gasteiger partial charge in [-0.15, -0.1) is 0 Å². The molecule has 0 aliphatic carbocycles. The molecule has 9 heteroatoms. The van der Waals surface area contributed by atoms with E-state index in [1.165, 1.54) is 16.8 Å². The summed E-state index contributed by atoms with van der Waals surface area (Å²) >= 11 is 0. The molecule has 1 saturated heterocycles. The van der Waals surface area contributed by atoms with E-state index in [4.69, 9.17) is 14.2 Å². The van der Waals surface area contributed by atoms with Gasteiger partial charge >= 0.3 is 17.6 Å². The minimum Gasteiger partial charge on any atom is -0.459 e. The zero-order valence-corrected chi connectivity index (χ0v) is 18.7. The molecule has 2 aromatic carbocycles. The second kappa shape index (κ2) is 9.88. The quantitative estimate of drug-likeness (QED) is 0.557. The molecular weight excluding hydrogens is 440 g/mol. The lowest BCUT2D eigenvalue weighted by Gasteiger charge is -2.19. The van der Waals surface area contributed by atoms with Gasteiger partial charge in [0.05, 0.1) is 11.1 Å². The molecule has 176 valence electrons. The van der Waals surface area contributed by atoms with Crippen LogP contribution in [0.15, 0.2) is 70.4 Å². The van der Waals surface area contributed by atoms with Crippen molar-refractivity contribution in [3.63, 3.8) is 0 Å². The number of carbonyl (C=O) groups excluding carboxylic acids is 2. The summed E-state index contributed by atoms with van der Waals surface area (Å²) in [4.78, 5) is 51.0. The number of benzene rings is 2. The van der Waals surface area contributed by atoms with Gasteiger partial charge in [0.25, 0.3) is 5.56 Å². The number of aromatic amines is 1. The molecule has 2 heterocycles. The maximum atomic E-state index is 12.7. The molecule has 1 aliphatic heterocycles. The van der Waals surface area contributed by atoms with Gasteiger partial charge in [-0.2, -0.15) is 0 Å². The van der Waals surface area contributed by atoms with E-state index in [0.717, 1.165) is 11.1 Å². The predicted octanol–water partition coefficient (Wildman–Crippen LogP) is 2.52. The van der Waals surface area contributed by atoms with Gasteiger partial charge in [-0.1, -0.05) is 35.4 Å². The number of rotatable bonds is 6. The van der Waals surface area contributed by atoms with Crippen molar-refractivity contribution in [1.82, 2.24) is 9.55 Å². The Balaban J connectivity index is 1.51. The van der Waals surface area contributed by atoms with Crippen LogP contribution in [-0.4, -0.2) is 40.3 Å². The number of aromatic nitrogens is 2. The lowest BCUT2D eigenvalue weighted by molar-refractivity contribution is -0.0582. The Kier molecular flexibility index (Phi) is 6.74. The lowest BCUT2D eigenvalue weighted by Crippen LogP contribution is -2.32. The minimum absolute atomic E-state index is 0.135. The number of nitrogens with zero attached hydrogens (tertiary/aromatic N) is 1. The van der Waals surface area contributed by atoms with Crippen LogP contribution in [0.3, 0.4) is 0 Å². The standard InChI is InChI=1S/C25H24N2O7/c1-15-3-7-17(8-4-15)23(29)32-14-20-19(34-24(30)18-9-5-16(2)6-10-18)13-22(33-20)27-12-11-21(28)26-25(27)31/h3-12,19-20,22H,13-14H2,1-2H3,(H,26,28,31). The summed E-state index contributed by atoms with van der Waals surface area (Å²) in [7, 11) is 0. The Labute approximate surface area is 194 Å². The summed E-state index contributed by atoms with van der Waals surface area (Å²) in [6, 6.07) is 15.0. The molecule has 3 unspecified atom stereocenters. The molecule has 1 aromatic heterocycles. The van der Waals surface area contributed by atoms with Gasteiger partial charge < -0.3 is 14.2 Å². The Morgan fingerprint density at radius 3 is 2.12 bits per heavy atom. The summed E-state index contributed by atoms with van der Waals surface area (Å²) in [6.07, 6.45) is -0.971. The summed E-state index contributed by atoms with van der Waals surface area (Å²) in [6.45, 7) is 3.63. The fourth-order valence-electron chi connectivity index (χ4n) is 3.63. The van der Waals surface area contributed by atoms with Crippen LogP contribution in [0, 0.1) is 13.8 Å². The average Bonchev–Trinajstić information content (AvgIpc) is 3.20. The van der Waals surface area contributed by atoms with Gasteiger partial charge in [0.15, 0.2) is 0 Å². The Morgan fingerprint density at radius 2 is 1.53 bits per heavy atom. The number of hydrogen-bond donors (Lipinski definition) is 1. The van der Waals surface area contributed by atoms with Crippen molar-refractivity contribution in [2.75, 3.05) is 6.61 Å². The van der Waals surface area contributed by atoms with Crippen LogP contribution in [0.1, 0.15) is 44.5 Å². The average molecular weight is 464 g/mol. The van der Waals surface area contributed by atoms with Crippen molar-refractivity contribution in [2.24, 2.45) is 0 Å². The second-order valence-corrected chi connectivity index (χ2v) is 8.16. The first kappa shape index (κ1) is 23.2. The molecular formula is C25H24N2O7. The molecule has 4 rings (SSSR count). The lowest BCUT2D eigenvalue weighted by atomic mass is 10.1. The number of nitrogens with one attached hydrogen (secondary N) is 1. The second-order valence-electron chi connectivity index (χ2n) is 8.16. The van der Waals surface area contributed by atoms with Crippen molar-refractivity contribution >= 4 is 11.9 Å². The summed E-state index contributed by atoms with van der Waals surface area (Å²) in [5.41, 5.74) is 1.56. The summed E-state index contributed by atoms with van der Waals surface area (Å²) < 4.78 is 18.2. The smallest absolute Gasteiger partial charge is 0.338 e.